The Balaban J connectivity index is 1.85. The molecule has 0 spiro atoms. The van der Waals surface area contributed by atoms with Crippen LogP contribution in [0.4, 0.5) is 10.5 Å². The number of carbonyl (C=O) groups is 1. The lowest BCUT2D eigenvalue weighted by Gasteiger charge is -2.12. The van der Waals surface area contributed by atoms with Crippen LogP contribution in [0.1, 0.15) is 24.1 Å². The van der Waals surface area contributed by atoms with Crippen molar-refractivity contribution in [3.8, 4) is 0 Å². The highest BCUT2D eigenvalue weighted by Gasteiger charge is 2.04. The second-order valence-electron chi connectivity index (χ2n) is 4.80. The lowest BCUT2D eigenvalue weighted by molar-refractivity contribution is 0.251. The van der Waals surface area contributed by atoms with Crippen molar-refractivity contribution < 1.29 is 4.79 Å². The molecule has 0 aliphatic rings. The van der Waals surface area contributed by atoms with E-state index in [1.54, 1.807) is 12.4 Å². The Morgan fingerprint density at radius 3 is 2.43 bits per heavy atom. The van der Waals surface area contributed by atoms with E-state index in [0.717, 1.165) is 11.3 Å². The first-order valence-electron chi connectivity index (χ1n) is 6.90. The van der Waals surface area contributed by atoms with Crippen LogP contribution < -0.4 is 16.0 Å². The Labute approximate surface area is 124 Å². The van der Waals surface area contributed by atoms with Gasteiger partial charge in [-0.05, 0) is 49.4 Å². The predicted molar refractivity (Wildman–Crippen MR) is 84.0 cm³/mol. The summed E-state index contributed by atoms with van der Waals surface area (Å²) < 4.78 is 0. The molecule has 0 aliphatic carbocycles. The third-order valence-corrected chi connectivity index (χ3v) is 3.30. The number of anilines is 1. The molecule has 2 amide bonds. The molecule has 5 heteroatoms. The smallest absolute Gasteiger partial charge is 0.319 e. The average Bonchev–Trinajstić information content (AvgIpc) is 2.54. The first kappa shape index (κ1) is 15.0. The number of nitrogens with one attached hydrogen (secondary N) is 3. The highest BCUT2D eigenvalue weighted by molar-refractivity contribution is 5.89. The normalized spacial score (nSPS) is 11.7. The SMILES string of the molecule is CNC(C)c1ccc(NC(=O)NCc2ccncc2)cc1. The molecule has 1 heterocycles. The van der Waals surface area contributed by atoms with Gasteiger partial charge in [-0.1, -0.05) is 12.1 Å². The van der Waals surface area contributed by atoms with E-state index >= 15 is 0 Å². The number of rotatable bonds is 5. The predicted octanol–water partition coefficient (Wildman–Crippen LogP) is 2.68. The summed E-state index contributed by atoms with van der Waals surface area (Å²) in [6.07, 6.45) is 3.41. The van der Waals surface area contributed by atoms with Crippen molar-refractivity contribution in [3.05, 3.63) is 59.9 Å². The molecule has 21 heavy (non-hydrogen) atoms. The third kappa shape index (κ3) is 4.57. The number of hydrogen-bond donors (Lipinski definition) is 3. The van der Waals surface area contributed by atoms with E-state index in [1.807, 2.05) is 43.4 Å². The van der Waals surface area contributed by atoms with Crippen LogP contribution in [0.3, 0.4) is 0 Å². The number of amides is 2. The van der Waals surface area contributed by atoms with Gasteiger partial charge in [-0.25, -0.2) is 4.79 Å². The van der Waals surface area contributed by atoms with Crippen LogP contribution in [0.15, 0.2) is 48.8 Å². The summed E-state index contributed by atoms with van der Waals surface area (Å²) in [5.41, 5.74) is 2.97. The van der Waals surface area contributed by atoms with Gasteiger partial charge >= 0.3 is 6.03 Å². The molecule has 2 aromatic rings. The number of pyridine rings is 1. The second kappa shape index (κ2) is 7.40. The van der Waals surface area contributed by atoms with Gasteiger partial charge < -0.3 is 16.0 Å². The summed E-state index contributed by atoms with van der Waals surface area (Å²) in [5, 5.41) is 8.79. The van der Waals surface area contributed by atoms with Crippen LogP contribution in [-0.4, -0.2) is 18.1 Å². The first-order valence-corrected chi connectivity index (χ1v) is 6.90. The van der Waals surface area contributed by atoms with Crippen LogP contribution in [0.5, 0.6) is 0 Å². The van der Waals surface area contributed by atoms with Crippen LogP contribution in [-0.2, 0) is 6.54 Å². The van der Waals surface area contributed by atoms with E-state index in [1.165, 1.54) is 5.56 Å². The molecule has 1 aromatic carbocycles. The summed E-state index contributed by atoms with van der Waals surface area (Å²) in [7, 11) is 1.92. The fourth-order valence-electron chi connectivity index (χ4n) is 1.88. The summed E-state index contributed by atoms with van der Waals surface area (Å²) in [4.78, 5) is 15.7. The van der Waals surface area contributed by atoms with Crippen LogP contribution in [0, 0.1) is 0 Å². The van der Waals surface area contributed by atoms with Crippen molar-refractivity contribution in [1.82, 2.24) is 15.6 Å². The van der Waals surface area contributed by atoms with Crippen molar-refractivity contribution in [2.75, 3.05) is 12.4 Å². The molecule has 3 N–H and O–H groups in total. The Kier molecular flexibility index (Phi) is 5.29. The fourth-order valence-corrected chi connectivity index (χ4v) is 1.88. The van der Waals surface area contributed by atoms with Crippen molar-refractivity contribution >= 4 is 11.7 Å². The van der Waals surface area contributed by atoms with Gasteiger partial charge in [0.05, 0.1) is 0 Å². The zero-order valence-electron chi connectivity index (χ0n) is 12.3. The topological polar surface area (TPSA) is 66.0 Å². The molecule has 2 rings (SSSR count). The lowest BCUT2D eigenvalue weighted by atomic mass is 10.1. The van der Waals surface area contributed by atoms with E-state index in [-0.39, 0.29) is 6.03 Å². The van der Waals surface area contributed by atoms with Crippen molar-refractivity contribution in [3.63, 3.8) is 0 Å². The van der Waals surface area contributed by atoms with Crippen LogP contribution >= 0.6 is 0 Å². The molecular weight excluding hydrogens is 264 g/mol. The lowest BCUT2D eigenvalue weighted by Crippen LogP contribution is -2.28. The van der Waals surface area contributed by atoms with Crippen molar-refractivity contribution in [2.45, 2.75) is 19.5 Å². The van der Waals surface area contributed by atoms with Gasteiger partial charge in [-0.3, -0.25) is 4.98 Å². The van der Waals surface area contributed by atoms with Crippen LogP contribution in [0.2, 0.25) is 0 Å². The zero-order chi connectivity index (χ0) is 15.1. The van der Waals surface area contributed by atoms with E-state index in [9.17, 15) is 4.79 Å². The second-order valence-corrected chi connectivity index (χ2v) is 4.80. The highest BCUT2D eigenvalue weighted by atomic mass is 16.2. The van der Waals surface area contributed by atoms with E-state index < -0.39 is 0 Å². The Bertz CT molecular complexity index is 569. The summed E-state index contributed by atoms with van der Waals surface area (Å²) in [6, 6.07) is 11.6. The molecule has 0 radical (unpaired) electrons. The molecule has 0 fully saturated rings. The summed E-state index contributed by atoms with van der Waals surface area (Å²) in [5.74, 6) is 0. The number of carbonyl (C=O) groups excluding carboxylic acids is 1. The minimum absolute atomic E-state index is 0.221. The Morgan fingerprint density at radius 2 is 1.81 bits per heavy atom. The first-order chi connectivity index (χ1) is 10.2. The maximum Gasteiger partial charge on any atom is 0.319 e. The zero-order valence-corrected chi connectivity index (χ0v) is 12.3. The molecular formula is C16H20N4O. The number of urea groups is 1. The molecule has 1 aromatic heterocycles. The minimum atomic E-state index is -0.221. The molecule has 0 aliphatic heterocycles. The van der Waals surface area contributed by atoms with Gasteiger partial charge in [0.25, 0.3) is 0 Å². The molecule has 0 saturated heterocycles. The summed E-state index contributed by atoms with van der Waals surface area (Å²) in [6.45, 7) is 2.56. The maximum absolute atomic E-state index is 11.8. The average molecular weight is 284 g/mol. The van der Waals surface area contributed by atoms with Gasteiger partial charge in [0, 0.05) is 30.7 Å². The third-order valence-electron chi connectivity index (χ3n) is 3.30. The standard InChI is InChI=1S/C16H20N4O/c1-12(17-2)14-3-5-15(6-4-14)20-16(21)19-11-13-7-9-18-10-8-13/h3-10,12,17H,11H2,1-2H3,(H2,19,20,21). The van der Waals surface area contributed by atoms with Crippen LogP contribution in [0.25, 0.3) is 0 Å². The van der Waals surface area contributed by atoms with Gasteiger partial charge in [0.1, 0.15) is 0 Å². The monoisotopic (exact) mass is 284 g/mol. The van der Waals surface area contributed by atoms with Crippen molar-refractivity contribution in [2.24, 2.45) is 0 Å². The summed E-state index contributed by atoms with van der Waals surface area (Å²) >= 11 is 0. The highest BCUT2D eigenvalue weighted by Crippen LogP contribution is 2.15. The number of hydrogen-bond acceptors (Lipinski definition) is 3. The van der Waals surface area contributed by atoms with E-state index in [4.69, 9.17) is 0 Å². The molecule has 0 bridgehead atoms. The largest absolute Gasteiger partial charge is 0.334 e. The number of benzene rings is 1. The molecule has 5 nitrogen and oxygen atoms in total. The van der Waals surface area contributed by atoms with Gasteiger partial charge in [-0.15, -0.1) is 0 Å². The Hall–Kier alpha value is -2.40. The molecule has 1 atom stereocenters. The maximum atomic E-state index is 11.8. The minimum Gasteiger partial charge on any atom is -0.334 e. The molecule has 1 unspecified atom stereocenters. The molecule has 0 saturated carbocycles. The van der Waals surface area contributed by atoms with Crippen molar-refractivity contribution in [1.29, 1.82) is 0 Å². The quantitative estimate of drug-likeness (QED) is 0.791. The fraction of sp³-hybridized carbons (Fsp3) is 0.250. The van der Waals surface area contributed by atoms with Gasteiger partial charge in [0.2, 0.25) is 0 Å². The Morgan fingerprint density at radius 1 is 1.14 bits per heavy atom. The molecule has 110 valence electrons. The van der Waals surface area contributed by atoms with Gasteiger partial charge in [-0.2, -0.15) is 0 Å². The van der Waals surface area contributed by atoms with E-state index in [0.29, 0.717) is 12.6 Å². The number of nitrogens with zero attached hydrogens (tertiary/aromatic N) is 1. The van der Waals surface area contributed by atoms with Gasteiger partial charge in [0.15, 0.2) is 0 Å². The number of aromatic nitrogens is 1. The van der Waals surface area contributed by atoms with E-state index in [2.05, 4.69) is 27.9 Å².